The average Bonchev–Trinajstić information content (AvgIpc) is 3.72. The third-order valence-electron chi connectivity index (χ3n) is 11.7. The molecule has 0 radical (unpaired) electrons. The Bertz CT molecular complexity index is 3290. The number of rotatable bonds is 8. The Morgan fingerprint density at radius 1 is 0.283 bits per heavy atom. The Morgan fingerprint density at radius 2 is 0.750 bits per heavy atom. The lowest BCUT2D eigenvalue weighted by Gasteiger charge is -2.30. The molecule has 0 aliphatic carbocycles. The molecule has 282 valence electrons. The quantitative estimate of drug-likeness (QED) is 0.148. The van der Waals surface area contributed by atoms with Gasteiger partial charge in [-0.25, -0.2) is 0 Å². The van der Waals surface area contributed by atoms with Crippen LogP contribution in [0.5, 0.6) is 0 Å². The van der Waals surface area contributed by atoms with Crippen molar-refractivity contribution in [2.24, 2.45) is 0 Å². The molecule has 0 fully saturated rings. The largest absolute Gasteiger partial charge is 0.310 e. The van der Waals surface area contributed by atoms with Crippen molar-refractivity contribution in [3.8, 4) is 55.6 Å². The standard InChI is InChI=1S/C58H39NS/c1-3-16-40(17-4-1)49-23-9-10-25-53(49)57-50(42-18-5-2-6-19-42)27-15-30-55(57)59(45-36-32-43(33-37-45)48-26-13-21-41-20-7-8-22-47(41)48)46-38-34-44(35-39-46)51-28-14-29-54-52-24-11-12-31-56(52)60-58(51)54/h1-39H. The number of fused-ring (bicyclic) bond motifs is 4. The molecular formula is C58H39NS. The molecule has 10 aromatic carbocycles. The first-order chi connectivity index (χ1) is 29.8. The first-order valence-electron chi connectivity index (χ1n) is 20.5. The summed E-state index contributed by atoms with van der Waals surface area (Å²) in [5.74, 6) is 0. The van der Waals surface area contributed by atoms with Crippen molar-refractivity contribution in [1.29, 1.82) is 0 Å². The first kappa shape index (κ1) is 35.6. The molecule has 0 aliphatic rings. The normalized spacial score (nSPS) is 11.3. The van der Waals surface area contributed by atoms with Gasteiger partial charge in [0.1, 0.15) is 0 Å². The SMILES string of the molecule is c1ccc(-c2ccccc2-c2c(-c3ccccc3)cccc2N(c2ccc(-c3cccc4ccccc34)cc2)c2ccc(-c3cccc4c3sc3ccccc34)cc2)cc1. The zero-order valence-corrected chi connectivity index (χ0v) is 33.7. The van der Waals surface area contributed by atoms with Crippen LogP contribution in [0, 0.1) is 0 Å². The number of hydrogen-bond donors (Lipinski definition) is 0. The molecule has 0 unspecified atom stereocenters. The highest BCUT2D eigenvalue weighted by molar-refractivity contribution is 7.26. The van der Waals surface area contributed by atoms with E-state index in [-0.39, 0.29) is 0 Å². The van der Waals surface area contributed by atoms with Crippen LogP contribution in [-0.2, 0) is 0 Å². The lowest BCUT2D eigenvalue weighted by Crippen LogP contribution is -2.12. The molecule has 0 amide bonds. The number of thiophene rings is 1. The smallest absolute Gasteiger partial charge is 0.0546 e. The van der Waals surface area contributed by atoms with E-state index in [0.29, 0.717) is 0 Å². The van der Waals surface area contributed by atoms with Gasteiger partial charge in [0.05, 0.1) is 5.69 Å². The Balaban J connectivity index is 1.12. The molecule has 0 aliphatic heterocycles. The minimum atomic E-state index is 1.09. The number of anilines is 3. The predicted molar refractivity (Wildman–Crippen MR) is 259 cm³/mol. The Labute approximate surface area is 354 Å². The van der Waals surface area contributed by atoms with Crippen LogP contribution < -0.4 is 4.90 Å². The third kappa shape index (κ3) is 6.35. The Kier molecular flexibility index (Phi) is 9.11. The molecule has 1 heterocycles. The van der Waals surface area contributed by atoms with Gasteiger partial charge in [-0.15, -0.1) is 11.3 Å². The maximum atomic E-state index is 2.44. The summed E-state index contributed by atoms with van der Waals surface area (Å²) in [4.78, 5) is 2.44. The van der Waals surface area contributed by atoms with E-state index in [2.05, 4.69) is 241 Å². The summed E-state index contributed by atoms with van der Waals surface area (Å²) in [7, 11) is 0. The molecule has 60 heavy (non-hydrogen) atoms. The fourth-order valence-corrected chi connectivity index (χ4v) is 10.1. The van der Waals surface area contributed by atoms with E-state index in [4.69, 9.17) is 0 Å². The molecule has 2 heteroatoms. The van der Waals surface area contributed by atoms with E-state index in [0.717, 1.165) is 17.1 Å². The highest BCUT2D eigenvalue weighted by atomic mass is 32.1. The van der Waals surface area contributed by atoms with Crippen molar-refractivity contribution in [3.05, 3.63) is 237 Å². The number of hydrogen-bond acceptors (Lipinski definition) is 2. The predicted octanol–water partition coefficient (Wildman–Crippen LogP) is 17.0. The van der Waals surface area contributed by atoms with Crippen molar-refractivity contribution in [2.45, 2.75) is 0 Å². The molecule has 0 spiro atoms. The van der Waals surface area contributed by atoms with Crippen LogP contribution in [0.2, 0.25) is 0 Å². The van der Waals surface area contributed by atoms with Crippen molar-refractivity contribution in [1.82, 2.24) is 0 Å². The lowest BCUT2D eigenvalue weighted by atomic mass is 9.87. The molecule has 1 aromatic heterocycles. The summed E-state index contributed by atoms with van der Waals surface area (Å²) < 4.78 is 2.64. The van der Waals surface area contributed by atoms with E-state index >= 15 is 0 Å². The fraction of sp³-hybridized carbons (Fsp3) is 0. The van der Waals surface area contributed by atoms with Crippen molar-refractivity contribution >= 4 is 59.3 Å². The van der Waals surface area contributed by atoms with Crippen LogP contribution in [0.4, 0.5) is 17.1 Å². The van der Waals surface area contributed by atoms with Gasteiger partial charge in [-0.05, 0) is 97.2 Å². The highest BCUT2D eigenvalue weighted by Crippen LogP contribution is 2.49. The van der Waals surface area contributed by atoms with Crippen molar-refractivity contribution in [3.63, 3.8) is 0 Å². The summed E-state index contributed by atoms with van der Waals surface area (Å²) in [6.07, 6.45) is 0. The monoisotopic (exact) mass is 781 g/mol. The zero-order valence-electron chi connectivity index (χ0n) is 32.9. The Morgan fingerprint density at radius 3 is 1.48 bits per heavy atom. The van der Waals surface area contributed by atoms with E-state index in [1.54, 1.807) is 0 Å². The summed E-state index contributed by atoms with van der Waals surface area (Å²) in [5, 5.41) is 5.12. The summed E-state index contributed by atoms with van der Waals surface area (Å²) >= 11 is 1.88. The van der Waals surface area contributed by atoms with Crippen molar-refractivity contribution < 1.29 is 0 Å². The zero-order chi connectivity index (χ0) is 39.8. The summed E-state index contributed by atoms with van der Waals surface area (Å²) in [6, 6.07) is 86.2. The van der Waals surface area contributed by atoms with Gasteiger partial charge in [-0.3, -0.25) is 0 Å². The maximum Gasteiger partial charge on any atom is 0.0546 e. The topological polar surface area (TPSA) is 3.24 Å². The van der Waals surface area contributed by atoms with E-state index in [9.17, 15) is 0 Å². The molecule has 0 bridgehead atoms. The minimum Gasteiger partial charge on any atom is -0.310 e. The molecule has 0 atom stereocenters. The van der Waals surface area contributed by atoms with Crippen LogP contribution in [0.3, 0.4) is 0 Å². The van der Waals surface area contributed by atoms with Gasteiger partial charge in [-0.1, -0.05) is 200 Å². The average molecular weight is 782 g/mol. The van der Waals surface area contributed by atoms with E-state index < -0.39 is 0 Å². The van der Waals surface area contributed by atoms with Crippen LogP contribution in [0.15, 0.2) is 237 Å². The van der Waals surface area contributed by atoms with Gasteiger partial charge in [0.15, 0.2) is 0 Å². The molecule has 0 saturated heterocycles. The third-order valence-corrected chi connectivity index (χ3v) is 12.9. The highest BCUT2D eigenvalue weighted by Gasteiger charge is 2.23. The van der Waals surface area contributed by atoms with Crippen molar-refractivity contribution in [2.75, 3.05) is 4.90 Å². The lowest BCUT2D eigenvalue weighted by molar-refractivity contribution is 1.28. The van der Waals surface area contributed by atoms with Gasteiger partial charge >= 0.3 is 0 Å². The van der Waals surface area contributed by atoms with Gasteiger partial charge in [0.25, 0.3) is 0 Å². The second kappa shape index (κ2) is 15.3. The second-order valence-electron chi connectivity index (χ2n) is 15.2. The number of benzene rings is 10. The first-order valence-corrected chi connectivity index (χ1v) is 21.3. The molecule has 11 rings (SSSR count). The van der Waals surface area contributed by atoms with Gasteiger partial charge in [0, 0.05) is 37.1 Å². The van der Waals surface area contributed by atoms with Crippen LogP contribution >= 0.6 is 11.3 Å². The molecule has 0 N–H and O–H groups in total. The second-order valence-corrected chi connectivity index (χ2v) is 16.3. The molecule has 1 nitrogen and oxygen atoms in total. The van der Waals surface area contributed by atoms with Gasteiger partial charge < -0.3 is 4.90 Å². The summed E-state index contributed by atoms with van der Waals surface area (Å²) in [5.41, 5.74) is 15.3. The van der Waals surface area contributed by atoms with Gasteiger partial charge in [0.2, 0.25) is 0 Å². The fourth-order valence-electron chi connectivity index (χ4n) is 8.90. The molecule has 0 saturated carbocycles. The Hall–Kier alpha value is -7.52. The van der Waals surface area contributed by atoms with E-state index in [1.807, 2.05) is 11.3 Å². The summed E-state index contributed by atoms with van der Waals surface area (Å²) in [6.45, 7) is 0. The molecule has 11 aromatic rings. The maximum absolute atomic E-state index is 2.44. The van der Waals surface area contributed by atoms with Crippen LogP contribution in [0.1, 0.15) is 0 Å². The molecular weight excluding hydrogens is 743 g/mol. The van der Waals surface area contributed by atoms with E-state index in [1.165, 1.54) is 86.6 Å². The van der Waals surface area contributed by atoms with Crippen LogP contribution in [-0.4, -0.2) is 0 Å². The minimum absolute atomic E-state index is 1.09. The number of nitrogens with zero attached hydrogens (tertiary/aromatic N) is 1. The van der Waals surface area contributed by atoms with Crippen LogP contribution in [0.25, 0.3) is 86.6 Å². The van der Waals surface area contributed by atoms with Gasteiger partial charge in [-0.2, -0.15) is 0 Å².